The first-order valence-corrected chi connectivity index (χ1v) is 10.3. The van der Waals surface area contributed by atoms with Crippen molar-refractivity contribution in [3.63, 3.8) is 0 Å². The quantitative estimate of drug-likeness (QED) is 0.611. The second kappa shape index (κ2) is 7.44. The molecule has 1 aliphatic carbocycles. The SMILES string of the molecule is Nc1ncc(C2NNC3CC4NC(=O)N(Cc5cccc(Cl)c5)CC4CC32)cn1. The number of rotatable bonds is 3. The van der Waals surface area contributed by atoms with Crippen LogP contribution in [0.15, 0.2) is 36.7 Å². The largest absolute Gasteiger partial charge is 0.368 e. The van der Waals surface area contributed by atoms with E-state index < -0.39 is 0 Å². The summed E-state index contributed by atoms with van der Waals surface area (Å²) in [5.41, 5.74) is 14.5. The van der Waals surface area contributed by atoms with Crippen LogP contribution in [0.5, 0.6) is 0 Å². The molecule has 0 spiro atoms. The number of halogens is 1. The van der Waals surface area contributed by atoms with E-state index in [9.17, 15) is 4.79 Å². The number of fused-ring (bicyclic) bond motifs is 2. The van der Waals surface area contributed by atoms with Gasteiger partial charge in [0.2, 0.25) is 5.95 Å². The third kappa shape index (κ3) is 3.63. The van der Waals surface area contributed by atoms with E-state index in [2.05, 4.69) is 26.1 Å². The summed E-state index contributed by atoms with van der Waals surface area (Å²) in [6.07, 6.45) is 5.51. The summed E-state index contributed by atoms with van der Waals surface area (Å²) in [7, 11) is 0. The van der Waals surface area contributed by atoms with E-state index >= 15 is 0 Å². The van der Waals surface area contributed by atoms with Crippen LogP contribution in [0.1, 0.15) is 30.0 Å². The van der Waals surface area contributed by atoms with Gasteiger partial charge in [0, 0.05) is 48.2 Å². The zero-order valence-electron chi connectivity index (χ0n) is 15.9. The molecule has 1 aromatic carbocycles. The highest BCUT2D eigenvalue weighted by Crippen LogP contribution is 2.41. The van der Waals surface area contributed by atoms with Gasteiger partial charge in [0.1, 0.15) is 0 Å². The summed E-state index contributed by atoms with van der Waals surface area (Å²) >= 11 is 6.10. The molecule has 0 bridgehead atoms. The van der Waals surface area contributed by atoms with E-state index in [4.69, 9.17) is 17.3 Å². The van der Waals surface area contributed by atoms with E-state index in [-0.39, 0.29) is 24.1 Å². The second-order valence-corrected chi connectivity index (χ2v) is 8.65. The molecule has 9 heteroatoms. The molecule has 2 saturated heterocycles. The van der Waals surface area contributed by atoms with Crippen molar-refractivity contribution < 1.29 is 4.79 Å². The number of amides is 2. The molecular formula is C20H24ClN7O. The molecule has 3 heterocycles. The fourth-order valence-electron chi connectivity index (χ4n) is 4.98. The maximum atomic E-state index is 12.7. The van der Waals surface area contributed by atoms with Crippen LogP contribution in [-0.4, -0.2) is 39.5 Å². The highest BCUT2D eigenvalue weighted by Gasteiger charge is 2.47. The van der Waals surface area contributed by atoms with Crippen molar-refractivity contribution in [3.05, 3.63) is 52.8 Å². The topological polar surface area (TPSA) is 108 Å². The first-order chi connectivity index (χ1) is 14.1. The van der Waals surface area contributed by atoms with E-state index in [1.807, 2.05) is 29.2 Å². The average Bonchev–Trinajstić information content (AvgIpc) is 3.10. The predicted octanol–water partition coefficient (Wildman–Crippen LogP) is 1.85. The molecule has 8 nitrogen and oxygen atoms in total. The van der Waals surface area contributed by atoms with Gasteiger partial charge in [0.15, 0.2) is 0 Å². The lowest BCUT2D eigenvalue weighted by atomic mass is 9.71. The lowest BCUT2D eigenvalue weighted by Gasteiger charge is -2.45. The van der Waals surface area contributed by atoms with E-state index in [0.29, 0.717) is 29.4 Å². The Morgan fingerprint density at radius 2 is 2.00 bits per heavy atom. The number of nitrogens with zero attached hydrogens (tertiary/aromatic N) is 3. The standard InChI is InChI=1S/C20H24ClN7O/c21-14-3-1-2-11(4-14)9-28-10-12-5-15-17(6-16(12)25-20(28)29)26-27-18(15)13-7-23-19(22)24-8-13/h1-4,7-8,12,15-18,26-27H,5-6,9-10H2,(H,25,29)(H2,22,23,24). The zero-order chi connectivity index (χ0) is 20.0. The molecule has 5 N–H and O–H groups in total. The Bertz CT molecular complexity index is 908. The Balaban J connectivity index is 1.31. The Labute approximate surface area is 174 Å². The van der Waals surface area contributed by atoms with Crippen molar-refractivity contribution >= 4 is 23.6 Å². The molecule has 0 radical (unpaired) electrons. The Morgan fingerprint density at radius 1 is 1.17 bits per heavy atom. The fraction of sp³-hybridized carbons (Fsp3) is 0.450. The van der Waals surface area contributed by atoms with Gasteiger partial charge in [-0.05, 0) is 42.4 Å². The Morgan fingerprint density at radius 3 is 2.79 bits per heavy atom. The minimum Gasteiger partial charge on any atom is -0.368 e. The van der Waals surface area contributed by atoms with E-state index in [1.54, 1.807) is 12.4 Å². The lowest BCUT2D eigenvalue weighted by molar-refractivity contribution is 0.0961. The molecule has 1 saturated carbocycles. The molecule has 5 rings (SSSR count). The normalized spacial score (nSPS) is 31.1. The smallest absolute Gasteiger partial charge is 0.317 e. The van der Waals surface area contributed by atoms with Gasteiger partial charge in [-0.15, -0.1) is 0 Å². The molecular weight excluding hydrogens is 390 g/mol. The molecule has 2 amide bonds. The number of nitrogens with two attached hydrogens (primary N) is 1. The lowest BCUT2D eigenvalue weighted by Crippen LogP contribution is -2.60. The molecule has 3 fully saturated rings. The first-order valence-electron chi connectivity index (χ1n) is 9.95. The summed E-state index contributed by atoms with van der Waals surface area (Å²) in [6.45, 7) is 1.31. The maximum absolute atomic E-state index is 12.7. The number of hydrogen-bond acceptors (Lipinski definition) is 6. The van der Waals surface area contributed by atoms with Crippen molar-refractivity contribution in [2.45, 2.75) is 37.5 Å². The van der Waals surface area contributed by atoms with Crippen molar-refractivity contribution in [2.24, 2.45) is 11.8 Å². The summed E-state index contributed by atoms with van der Waals surface area (Å²) in [6, 6.07) is 8.32. The van der Waals surface area contributed by atoms with Gasteiger partial charge in [-0.3, -0.25) is 5.43 Å². The number of nitrogen functional groups attached to an aromatic ring is 1. The summed E-state index contributed by atoms with van der Waals surface area (Å²) in [5, 5.41) is 3.91. The van der Waals surface area contributed by atoms with Crippen LogP contribution in [0.25, 0.3) is 0 Å². The van der Waals surface area contributed by atoms with Gasteiger partial charge < -0.3 is 16.0 Å². The van der Waals surface area contributed by atoms with Crippen LogP contribution >= 0.6 is 11.6 Å². The second-order valence-electron chi connectivity index (χ2n) is 8.21. The summed E-state index contributed by atoms with van der Waals surface area (Å²) in [5.74, 6) is 1.09. The molecule has 5 atom stereocenters. The molecule has 2 aliphatic heterocycles. The van der Waals surface area contributed by atoms with Gasteiger partial charge in [0.05, 0.1) is 6.04 Å². The predicted molar refractivity (Wildman–Crippen MR) is 110 cm³/mol. The minimum atomic E-state index is -0.000818. The van der Waals surface area contributed by atoms with Crippen LogP contribution in [0.4, 0.5) is 10.7 Å². The van der Waals surface area contributed by atoms with Crippen LogP contribution in [0.2, 0.25) is 5.02 Å². The highest BCUT2D eigenvalue weighted by molar-refractivity contribution is 6.30. The van der Waals surface area contributed by atoms with Crippen LogP contribution in [0.3, 0.4) is 0 Å². The molecule has 29 heavy (non-hydrogen) atoms. The monoisotopic (exact) mass is 413 g/mol. The van der Waals surface area contributed by atoms with Gasteiger partial charge in [-0.1, -0.05) is 23.7 Å². The number of anilines is 1. The number of carbonyl (C=O) groups is 1. The molecule has 5 unspecified atom stereocenters. The summed E-state index contributed by atoms with van der Waals surface area (Å²) < 4.78 is 0. The van der Waals surface area contributed by atoms with E-state index in [1.165, 1.54) is 0 Å². The third-order valence-electron chi connectivity index (χ3n) is 6.39. The van der Waals surface area contributed by atoms with Crippen LogP contribution in [0, 0.1) is 11.8 Å². The van der Waals surface area contributed by atoms with Crippen LogP contribution in [-0.2, 0) is 6.54 Å². The number of benzene rings is 1. The van der Waals surface area contributed by atoms with Gasteiger partial charge in [0.25, 0.3) is 0 Å². The molecule has 152 valence electrons. The summed E-state index contributed by atoms with van der Waals surface area (Å²) in [4.78, 5) is 22.8. The number of urea groups is 1. The van der Waals surface area contributed by atoms with Gasteiger partial charge in [-0.25, -0.2) is 20.2 Å². The Kier molecular flexibility index (Phi) is 4.77. The number of hydrogen-bond donors (Lipinski definition) is 4. The van der Waals surface area contributed by atoms with Crippen LogP contribution < -0.4 is 21.9 Å². The van der Waals surface area contributed by atoms with Gasteiger partial charge >= 0.3 is 6.03 Å². The molecule has 3 aliphatic rings. The van der Waals surface area contributed by atoms with Crippen molar-refractivity contribution in [3.8, 4) is 0 Å². The number of aromatic nitrogens is 2. The Hall–Kier alpha value is -2.42. The van der Waals surface area contributed by atoms with Gasteiger partial charge in [-0.2, -0.15) is 0 Å². The number of nitrogens with one attached hydrogen (secondary N) is 3. The average molecular weight is 414 g/mol. The first kappa shape index (κ1) is 18.6. The molecule has 2 aromatic rings. The molecule has 1 aromatic heterocycles. The fourth-order valence-corrected chi connectivity index (χ4v) is 5.20. The van der Waals surface area contributed by atoms with Crippen molar-refractivity contribution in [1.82, 2.24) is 31.0 Å². The number of hydrazine groups is 1. The zero-order valence-corrected chi connectivity index (χ0v) is 16.6. The maximum Gasteiger partial charge on any atom is 0.317 e. The van der Waals surface area contributed by atoms with E-state index in [0.717, 1.165) is 30.5 Å². The minimum absolute atomic E-state index is 0.000818. The number of carbonyl (C=O) groups excluding carboxylic acids is 1. The van der Waals surface area contributed by atoms with Crippen molar-refractivity contribution in [1.29, 1.82) is 0 Å². The van der Waals surface area contributed by atoms with Crippen molar-refractivity contribution in [2.75, 3.05) is 12.3 Å². The highest BCUT2D eigenvalue weighted by atomic mass is 35.5. The third-order valence-corrected chi connectivity index (χ3v) is 6.62.